The lowest BCUT2D eigenvalue weighted by Crippen LogP contribution is -2.33. The number of allylic oxidation sites excluding steroid dienone is 2. The lowest BCUT2D eigenvalue weighted by atomic mass is 9.81. The van der Waals surface area contributed by atoms with Crippen molar-refractivity contribution in [2.75, 3.05) is 16.3 Å². The standard InChI is InChI=1S/C65H62N4O/c1-41-35-52(43-19-13-11-14-20-43)61(66-39-41)68(47-29-25-45(26-30-47)63(3,4)5)49-33-34-50-54(37-49)65(9,10)55-38-56(59-51-23-17-18-24-57(51)70-60(59)58(50)55)69(48-31-27-46(28-32-48)64(6,7)8)62-53(36-42(2)40-67-62)44-21-15-12-16-22-44/h11-38,40,66H,39H2,1-10H3. The van der Waals surface area contributed by atoms with Gasteiger partial charge in [0.1, 0.15) is 22.8 Å². The minimum atomic E-state index is -0.428. The van der Waals surface area contributed by atoms with Gasteiger partial charge in [0.25, 0.3) is 0 Å². The predicted octanol–water partition coefficient (Wildman–Crippen LogP) is 17.4. The highest BCUT2D eigenvalue weighted by Gasteiger charge is 2.41. The molecule has 11 rings (SSSR count). The van der Waals surface area contributed by atoms with Crippen molar-refractivity contribution < 1.29 is 4.42 Å². The Hall–Kier alpha value is -7.63. The van der Waals surface area contributed by atoms with E-state index < -0.39 is 5.41 Å². The van der Waals surface area contributed by atoms with E-state index >= 15 is 0 Å². The van der Waals surface area contributed by atoms with Crippen LogP contribution in [0.3, 0.4) is 0 Å². The summed E-state index contributed by atoms with van der Waals surface area (Å²) in [7, 11) is 0. The van der Waals surface area contributed by atoms with Crippen LogP contribution >= 0.6 is 0 Å². The van der Waals surface area contributed by atoms with Gasteiger partial charge in [-0.15, -0.1) is 0 Å². The van der Waals surface area contributed by atoms with Gasteiger partial charge in [-0.25, -0.2) is 4.98 Å². The number of pyridine rings is 1. The zero-order valence-corrected chi connectivity index (χ0v) is 42.2. The first-order valence-electron chi connectivity index (χ1n) is 24.7. The molecule has 0 fully saturated rings. The number of para-hydroxylation sites is 1. The third-order valence-electron chi connectivity index (χ3n) is 14.5. The van der Waals surface area contributed by atoms with Crippen molar-refractivity contribution in [1.82, 2.24) is 10.3 Å². The van der Waals surface area contributed by atoms with E-state index in [2.05, 4.69) is 254 Å². The highest BCUT2D eigenvalue weighted by Crippen LogP contribution is 2.57. The molecule has 348 valence electrons. The molecule has 9 aromatic rings. The van der Waals surface area contributed by atoms with Crippen molar-refractivity contribution in [3.8, 4) is 22.3 Å². The third kappa shape index (κ3) is 7.69. The lowest BCUT2D eigenvalue weighted by molar-refractivity contribution is 0.590. The summed E-state index contributed by atoms with van der Waals surface area (Å²) in [5.74, 6) is 1.92. The first-order chi connectivity index (χ1) is 33.6. The van der Waals surface area contributed by atoms with Crippen LogP contribution in [0.15, 0.2) is 192 Å². The average molecular weight is 915 g/mol. The van der Waals surface area contributed by atoms with Gasteiger partial charge in [-0.05, 0) is 124 Å². The van der Waals surface area contributed by atoms with Gasteiger partial charge in [-0.1, -0.05) is 176 Å². The van der Waals surface area contributed by atoms with Crippen molar-refractivity contribution in [2.45, 2.75) is 85.5 Å². The molecular formula is C65H62N4O. The van der Waals surface area contributed by atoms with E-state index in [1.54, 1.807) is 0 Å². The highest BCUT2D eigenvalue weighted by molar-refractivity contribution is 6.19. The van der Waals surface area contributed by atoms with Gasteiger partial charge in [0.05, 0.1) is 11.1 Å². The van der Waals surface area contributed by atoms with Crippen molar-refractivity contribution in [1.29, 1.82) is 0 Å². The number of dihydropyridines is 1. The van der Waals surface area contributed by atoms with Gasteiger partial charge in [0, 0.05) is 57.3 Å². The Morgan fingerprint density at radius 1 is 0.586 bits per heavy atom. The molecule has 0 saturated carbocycles. The van der Waals surface area contributed by atoms with Crippen molar-refractivity contribution in [2.24, 2.45) is 0 Å². The fourth-order valence-corrected chi connectivity index (χ4v) is 10.7. The fraction of sp³-hybridized carbons (Fsp3) is 0.215. The molecule has 0 spiro atoms. The Kier molecular flexibility index (Phi) is 10.8. The Morgan fingerprint density at radius 3 is 1.81 bits per heavy atom. The summed E-state index contributed by atoms with van der Waals surface area (Å²) in [5, 5.41) is 6.03. The van der Waals surface area contributed by atoms with Crippen LogP contribution < -0.4 is 15.1 Å². The Labute approximate surface area is 413 Å². The molecule has 1 aliphatic carbocycles. The number of benzene rings is 7. The lowest BCUT2D eigenvalue weighted by Gasteiger charge is -2.34. The summed E-state index contributed by atoms with van der Waals surface area (Å²) in [6, 6.07) is 60.0. The molecule has 3 heterocycles. The monoisotopic (exact) mass is 914 g/mol. The largest absolute Gasteiger partial charge is 0.455 e. The van der Waals surface area contributed by atoms with Crippen LogP contribution in [0.1, 0.15) is 95.7 Å². The van der Waals surface area contributed by atoms with Crippen molar-refractivity contribution in [3.63, 3.8) is 0 Å². The minimum Gasteiger partial charge on any atom is -0.455 e. The normalized spacial score (nSPS) is 14.3. The quantitative estimate of drug-likeness (QED) is 0.165. The van der Waals surface area contributed by atoms with Crippen LogP contribution in [0, 0.1) is 6.92 Å². The first-order valence-corrected chi connectivity index (χ1v) is 24.7. The molecule has 1 N–H and O–H groups in total. The summed E-state index contributed by atoms with van der Waals surface area (Å²) in [4.78, 5) is 10.2. The summed E-state index contributed by atoms with van der Waals surface area (Å²) < 4.78 is 7.18. The summed E-state index contributed by atoms with van der Waals surface area (Å²) in [6.07, 6.45) is 4.34. The van der Waals surface area contributed by atoms with E-state index in [-0.39, 0.29) is 10.8 Å². The predicted molar refractivity (Wildman–Crippen MR) is 295 cm³/mol. The SMILES string of the molecule is CC1=CC(c2ccccc2)=C(N(c2ccc(C(C)(C)C)cc2)c2ccc3c(c2)C(C)(C)c2cc(N(c4ccc(C(C)(C)C)cc4)c4ncc(C)cc4-c4ccccc4)c4c(oc5ccccc54)c2-3)NC1. The molecule has 0 bridgehead atoms. The molecule has 2 aliphatic rings. The summed E-state index contributed by atoms with van der Waals surface area (Å²) >= 11 is 0. The van der Waals surface area contributed by atoms with Gasteiger partial charge in [-0.3, -0.25) is 9.80 Å². The highest BCUT2D eigenvalue weighted by atomic mass is 16.3. The topological polar surface area (TPSA) is 44.5 Å². The van der Waals surface area contributed by atoms with Crippen LogP contribution in [0.4, 0.5) is 28.6 Å². The van der Waals surface area contributed by atoms with E-state index in [1.807, 2.05) is 6.20 Å². The molecule has 0 saturated heterocycles. The molecule has 7 aromatic carbocycles. The maximum absolute atomic E-state index is 7.18. The van der Waals surface area contributed by atoms with Crippen molar-refractivity contribution in [3.05, 3.63) is 221 Å². The second-order valence-corrected chi connectivity index (χ2v) is 22.0. The van der Waals surface area contributed by atoms with Gasteiger partial charge in [0.2, 0.25) is 0 Å². The molecule has 0 atom stereocenters. The van der Waals surface area contributed by atoms with Gasteiger partial charge >= 0.3 is 0 Å². The van der Waals surface area contributed by atoms with Crippen LogP contribution in [0.2, 0.25) is 0 Å². The maximum atomic E-state index is 7.18. The van der Waals surface area contributed by atoms with Gasteiger partial charge in [-0.2, -0.15) is 0 Å². The molecule has 0 unspecified atom stereocenters. The van der Waals surface area contributed by atoms with E-state index in [0.29, 0.717) is 0 Å². The second kappa shape index (κ2) is 16.8. The second-order valence-electron chi connectivity index (χ2n) is 22.0. The summed E-state index contributed by atoms with van der Waals surface area (Å²) in [6.45, 7) is 23.5. The smallest absolute Gasteiger partial charge is 0.145 e. The number of aryl methyl sites for hydroxylation is 1. The maximum Gasteiger partial charge on any atom is 0.145 e. The number of fused-ring (bicyclic) bond motifs is 7. The van der Waals surface area contributed by atoms with Gasteiger partial charge in [0.15, 0.2) is 0 Å². The molecule has 2 aromatic heterocycles. The number of hydrogen-bond acceptors (Lipinski definition) is 5. The number of hydrogen-bond donors (Lipinski definition) is 1. The summed E-state index contributed by atoms with van der Waals surface area (Å²) in [5.41, 5.74) is 19.8. The number of nitrogens with one attached hydrogen (secondary N) is 1. The number of rotatable bonds is 8. The number of nitrogens with zero attached hydrogens (tertiary/aromatic N) is 3. The van der Waals surface area contributed by atoms with Crippen LogP contribution in [-0.4, -0.2) is 11.5 Å². The molecule has 1 aliphatic heterocycles. The fourth-order valence-electron chi connectivity index (χ4n) is 10.7. The van der Waals surface area contributed by atoms with Crippen molar-refractivity contribution >= 4 is 56.1 Å². The van der Waals surface area contributed by atoms with E-state index in [9.17, 15) is 0 Å². The van der Waals surface area contributed by atoms with E-state index in [1.165, 1.54) is 39.0 Å². The first kappa shape index (κ1) is 44.9. The van der Waals surface area contributed by atoms with Crippen LogP contribution in [0.25, 0.3) is 49.8 Å². The van der Waals surface area contributed by atoms with Crippen LogP contribution in [0.5, 0.6) is 0 Å². The average Bonchev–Trinajstić information content (AvgIpc) is 3.85. The molecule has 70 heavy (non-hydrogen) atoms. The molecule has 0 amide bonds. The van der Waals surface area contributed by atoms with E-state index in [0.717, 1.165) is 90.7 Å². The van der Waals surface area contributed by atoms with E-state index in [4.69, 9.17) is 9.40 Å². The molecule has 5 heteroatoms. The Morgan fingerprint density at radius 2 is 1.17 bits per heavy atom. The minimum absolute atomic E-state index is 0.00921. The zero-order chi connectivity index (χ0) is 48.7. The zero-order valence-electron chi connectivity index (χ0n) is 42.2. The molecular weight excluding hydrogens is 853 g/mol. The third-order valence-corrected chi connectivity index (χ3v) is 14.5. The number of aromatic nitrogens is 1. The Bertz CT molecular complexity index is 3530. The number of furan rings is 1. The van der Waals surface area contributed by atoms with Crippen LogP contribution in [-0.2, 0) is 16.2 Å². The number of anilines is 5. The molecule has 5 nitrogen and oxygen atoms in total. The Balaban J connectivity index is 1.16. The molecule has 0 radical (unpaired) electrons. The van der Waals surface area contributed by atoms with Gasteiger partial charge < -0.3 is 9.73 Å².